The van der Waals surface area contributed by atoms with Crippen LogP contribution in [0.1, 0.15) is 0 Å². The van der Waals surface area contributed by atoms with Crippen LogP contribution in [0.15, 0.2) is 36.9 Å². The van der Waals surface area contributed by atoms with Crippen LogP contribution in [-0.2, 0) is 0 Å². The number of hydrogen-bond acceptors (Lipinski definition) is 4. The second-order valence-electron chi connectivity index (χ2n) is 3.17. The van der Waals surface area contributed by atoms with Gasteiger partial charge in [0.15, 0.2) is 5.82 Å². The summed E-state index contributed by atoms with van der Waals surface area (Å²) in [7, 11) is 0. The summed E-state index contributed by atoms with van der Waals surface area (Å²) in [5.74, 6) is 0.628. The van der Waals surface area contributed by atoms with Gasteiger partial charge in [-0.25, -0.2) is 9.67 Å². The average molecular weight is 232 g/mol. The molecule has 0 aliphatic carbocycles. The largest absolute Gasteiger partial charge is 0.262 e. The quantitative estimate of drug-likeness (QED) is 0.600. The van der Waals surface area contributed by atoms with Crippen molar-refractivity contribution in [3.63, 3.8) is 0 Å². The van der Waals surface area contributed by atoms with Crippen LogP contribution < -0.4 is 0 Å². The molecule has 0 N–H and O–H groups in total. The smallest absolute Gasteiger partial charge is 0.224 e. The maximum Gasteiger partial charge on any atom is 0.224 e. The van der Waals surface area contributed by atoms with Crippen LogP contribution in [0.3, 0.4) is 0 Å². The first kappa shape index (κ1) is 9.23. The molecule has 3 aromatic rings. The Hall–Kier alpha value is -2.01. The first-order valence-electron chi connectivity index (χ1n) is 4.61. The number of pyridine rings is 1. The zero-order valence-corrected chi connectivity index (χ0v) is 8.83. The van der Waals surface area contributed by atoms with Crippen molar-refractivity contribution < 1.29 is 0 Å². The predicted octanol–water partition coefficient (Wildman–Crippen LogP) is 1.86. The average Bonchev–Trinajstić information content (AvgIpc) is 2.72. The zero-order chi connectivity index (χ0) is 11.0. The molecule has 0 amide bonds. The highest BCUT2D eigenvalue weighted by Gasteiger charge is 2.05. The minimum Gasteiger partial charge on any atom is -0.262 e. The van der Waals surface area contributed by atoms with Gasteiger partial charge in [0.2, 0.25) is 5.28 Å². The SMILES string of the molecule is Clc1nccc(-n2ncc3ccncc32)n1. The van der Waals surface area contributed by atoms with E-state index in [0.29, 0.717) is 5.82 Å². The first-order valence-corrected chi connectivity index (χ1v) is 4.99. The van der Waals surface area contributed by atoms with Crippen LogP contribution in [0.25, 0.3) is 16.7 Å². The lowest BCUT2D eigenvalue weighted by Gasteiger charge is -2.01. The number of rotatable bonds is 1. The predicted molar refractivity (Wildman–Crippen MR) is 59.5 cm³/mol. The Balaban J connectivity index is 2.26. The number of halogens is 1. The van der Waals surface area contributed by atoms with Crippen molar-refractivity contribution in [1.29, 1.82) is 0 Å². The van der Waals surface area contributed by atoms with Crippen molar-refractivity contribution in [2.75, 3.05) is 0 Å². The molecule has 0 spiro atoms. The Morgan fingerprint density at radius 3 is 2.94 bits per heavy atom. The second kappa shape index (κ2) is 3.53. The second-order valence-corrected chi connectivity index (χ2v) is 3.51. The molecule has 0 aliphatic heterocycles. The highest BCUT2D eigenvalue weighted by Crippen LogP contribution is 2.15. The molecule has 6 heteroatoms. The monoisotopic (exact) mass is 231 g/mol. The Labute approximate surface area is 95.7 Å². The fourth-order valence-electron chi connectivity index (χ4n) is 1.49. The van der Waals surface area contributed by atoms with Gasteiger partial charge in [-0.15, -0.1) is 0 Å². The molecular formula is C10H6ClN5. The van der Waals surface area contributed by atoms with E-state index < -0.39 is 0 Å². The number of fused-ring (bicyclic) bond motifs is 1. The third kappa shape index (κ3) is 1.42. The molecule has 16 heavy (non-hydrogen) atoms. The molecule has 78 valence electrons. The van der Waals surface area contributed by atoms with E-state index >= 15 is 0 Å². The summed E-state index contributed by atoms with van der Waals surface area (Å²) in [4.78, 5) is 12.0. The van der Waals surface area contributed by atoms with E-state index in [1.165, 1.54) is 0 Å². The van der Waals surface area contributed by atoms with Gasteiger partial charge in [-0.1, -0.05) is 0 Å². The topological polar surface area (TPSA) is 56.5 Å². The van der Waals surface area contributed by atoms with Gasteiger partial charge in [0.25, 0.3) is 0 Å². The molecule has 0 bridgehead atoms. The lowest BCUT2D eigenvalue weighted by molar-refractivity contribution is 0.864. The van der Waals surface area contributed by atoms with Crippen molar-refractivity contribution in [2.45, 2.75) is 0 Å². The third-order valence-electron chi connectivity index (χ3n) is 2.20. The molecule has 0 fully saturated rings. The molecule has 0 saturated heterocycles. The number of nitrogens with zero attached hydrogens (tertiary/aromatic N) is 5. The van der Waals surface area contributed by atoms with Gasteiger partial charge in [-0.2, -0.15) is 10.1 Å². The molecule has 0 atom stereocenters. The van der Waals surface area contributed by atoms with Crippen LogP contribution in [0.2, 0.25) is 5.28 Å². The Bertz CT molecular complexity index is 648. The fourth-order valence-corrected chi connectivity index (χ4v) is 1.63. The Kier molecular flexibility index (Phi) is 2.04. The van der Waals surface area contributed by atoms with Gasteiger partial charge in [-0.3, -0.25) is 4.98 Å². The van der Waals surface area contributed by atoms with E-state index in [1.807, 2.05) is 6.07 Å². The van der Waals surface area contributed by atoms with E-state index in [1.54, 1.807) is 35.5 Å². The van der Waals surface area contributed by atoms with Crippen molar-refractivity contribution >= 4 is 22.5 Å². The zero-order valence-electron chi connectivity index (χ0n) is 8.08. The van der Waals surface area contributed by atoms with E-state index in [9.17, 15) is 0 Å². The molecule has 0 saturated carbocycles. The summed E-state index contributed by atoms with van der Waals surface area (Å²) in [5, 5.41) is 5.44. The minimum absolute atomic E-state index is 0.199. The lowest BCUT2D eigenvalue weighted by atomic mass is 10.3. The highest BCUT2D eigenvalue weighted by atomic mass is 35.5. The van der Waals surface area contributed by atoms with E-state index in [0.717, 1.165) is 10.9 Å². The van der Waals surface area contributed by atoms with Gasteiger partial charge in [-0.05, 0) is 17.7 Å². The third-order valence-corrected chi connectivity index (χ3v) is 2.38. The summed E-state index contributed by atoms with van der Waals surface area (Å²) in [6.45, 7) is 0. The number of hydrogen-bond donors (Lipinski definition) is 0. The molecule has 5 nitrogen and oxygen atoms in total. The highest BCUT2D eigenvalue weighted by molar-refractivity contribution is 6.28. The summed E-state index contributed by atoms with van der Waals surface area (Å²) in [6.07, 6.45) is 6.81. The van der Waals surface area contributed by atoms with Crippen molar-refractivity contribution in [3.05, 3.63) is 42.2 Å². The Morgan fingerprint density at radius 1 is 1.12 bits per heavy atom. The van der Waals surface area contributed by atoms with E-state index in [2.05, 4.69) is 20.1 Å². The maximum atomic E-state index is 5.73. The molecule has 0 aliphatic rings. The maximum absolute atomic E-state index is 5.73. The lowest BCUT2D eigenvalue weighted by Crippen LogP contribution is -2.00. The van der Waals surface area contributed by atoms with Crippen LogP contribution in [0.5, 0.6) is 0 Å². The van der Waals surface area contributed by atoms with Crippen LogP contribution in [0, 0.1) is 0 Å². The number of aromatic nitrogens is 5. The van der Waals surface area contributed by atoms with Crippen molar-refractivity contribution in [2.24, 2.45) is 0 Å². The Morgan fingerprint density at radius 2 is 2.06 bits per heavy atom. The van der Waals surface area contributed by atoms with Crippen LogP contribution in [0.4, 0.5) is 0 Å². The van der Waals surface area contributed by atoms with Gasteiger partial charge in [0, 0.05) is 23.8 Å². The molecular weight excluding hydrogens is 226 g/mol. The molecule has 3 aromatic heterocycles. The molecule has 3 heterocycles. The molecule has 3 rings (SSSR count). The molecule has 0 unspecified atom stereocenters. The van der Waals surface area contributed by atoms with Crippen LogP contribution >= 0.6 is 11.6 Å². The fraction of sp³-hybridized carbons (Fsp3) is 0. The van der Waals surface area contributed by atoms with Gasteiger partial charge >= 0.3 is 0 Å². The van der Waals surface area contributed by atoms with Crippen molar-refractivity contribution in [3.8, 4) is 5.82 Å². The normalized spacial score (nSPS) is 10.8. The molecule has 0 aromatic carbocycles. The first-order chi connectivity index (χ1) is 7.84. The summed E-state index contributed by atoms with van der Waals surface area (Å²) >= 11 is 5.73. The van der Waals surface area contributed by atoms with Crippen molar-refractivity contribution in [1.82, 2.24) is 24.7 Å². The van der Waals surface area contributed by atoms with Gasteiger partial charge in [0.05, 0.1) is 17.9 Å². The summed E-state index contributed by atoms with van der Waals surface area (Å²) in [6, 6.07) is 3.63. The minimum atomic E-state index is 0.199. The van der Waals surface area contributed by atoms with E-state index in [-0.39, 0.29) is 5.28 Å². The van der Waals surface area contributed by atoms with Crippen LogP contribution in [-0.4, -0.2) is 24.7 Å². The van der Waals surface area contributed by atoms with Gasteiger partial charge < -0.3 is 0 Å². The summed E-state index contributed by atoms with van der Waals surface area (Å²) < 4.78 is 1.68. The standard InChI is InChI=1S/C10H6ClN5/c11-10-13-4-2-9(15-10)16-8-6-12-3-1-7(8)5-14-16/h1-6H. The van der Waals surface area contributed by atoms with Gasteiger partial charge in [0.1, 0.15) is 0 Å². The van der Waals surface area contributed by atoms with E-state index in [4.69, 9.17) is 11.6 Å². The summed E-state index contributed by atoms with van der Waals surface area (Å²) in [5.41, 5.74) is 0.886. The molecule has 0 radical (unpaired) electrons.